The lowest BCUT2D eigenvalue weighted by Crippen LogP contribution is -2.54. The topological polar surface area (TPSA) is 84.0 Å². The predicted molar refractivity (Wildman–Crippen MR) is 94.2 cm³/mol. The fourth-order valence-electron chi connectivity index (χ4n) is 2.96. The minimum atomic E-state index is -4.54. The molecule has 3 atom stereocenters. The Hall–Kier alpha value is -2.68. The lowest BCUT2D eigenvalue weighted by atomic mass is 9.92. The summed E-state index contributed by atoms with van der Waals surface area (Å²) in [5, 5.41) is 5.04. The van der Waals surface area contributed by atoms with Crippen molar-refractivity contribution in [1.29, 1.82) is 0 Å². The number of rotatable bonds is 4. The third kappa shape index (κ3) is 4.59. The van der Waals surface area contributed by atoms with Crippen molar-refractivity contribution in [3.8, 4) is 0 Å². The van der Waals surface area contributed by atoms with Gasteiger partial charge in [-0.05, 0) is 36.6 Å². The Balaban J connectivity index is 1.79. The van der Waals surface area contributed by atoms with E-state index in [0.717, 1.165) is 0 Å². The van der Waals surface area contributed by atoms with Crippen LogP contribution in [-0.4, -0.2) is 34.0 Å². The summed E-state index contributed by atoms with van der Waals surface area (Å²) in [4.78, 5) is 33.0. The summed E-state index contributed by atoms with van der Waals surface area (Å²) in [6, 6.07) is 5.48. The van der Waals surface area contributed by atoms with Crippen molar-refractivity contribution < 1.29 is 22.8 Å². The predicted octanol–water partition coefficient (Wildman–Crippen LogP) is 2.79. The summed E-state index contributed by atoms with van der Waals surface area (Å²) in [6.07, 6.45) is -2.11. The third-order valence-electron chi connectivity index (χ3n) is 4.42. The van der Waals surface area contributed by atoms with Crippen LogP contribution in [0.15, 0.2) is 42.7 Å². The SMILES string of the molecule is O=C(NC(c1ccc(Cl)cc1)c1ncccn1)C1CCC(C(F)(F)F)NC1=O. The van der Waals surface area contributed by atoms with Crippen LogP contribution in [0.25, 0.3) is 0 Å². The van der Waals surface area contributed by atoms with Crippen LogP contribution < -0.4 is 10.6 Å². The smallest absolute Gasteiger partial charge is 0.344 e. The van der Waals surface area contributed by atoms with Crippen molar-refractivity contribution in [2.45, 2.75) is 31.1 Å². The monoisotopic (exact) mass is 412 g/mol. The van der Waals surface area contributed by atoms with E-state index in [2.05, 4.69) is 15.3 Å². The van der Waals surface area contributed by atoms with Gasteiger partial charge in [0.15, 0.2) is 5.82 Å². The lowest BCUT2D eigenvalue weighted by molar-refractivity contribution is -0.171. The lowest BCUT2D eigenvalue weighted by Gasteiger charge is -2.30. The Labute approximate surface area is 163 Å². The van der Waals surface area contributed by atoms with E-state index in [0.29, 0.717) is 10.6 Å². The van der Waals surface area contributed by atoms with Crippen LogP contribution >= 0.6 is 11.6 Å². The van der Waals surface area contributed by atoms with Crippen molar-refractivity contribution in [2.24, 2.45) is 5.92 Å². The van der Waals surface area contributed by atoms with E-state index in [1.165, 1.54) is 12.4 Å². The molecule has 1 fully saturated rings. The number of carbonyl (C=O) groups is 2. The summed E-state index contributed by atoms with van der Waals surface area (Å²) < 4.78 is 38.4. The molecule has 3 unspecified atom stereocenters. The summed E-state index contributed by atoms with van der Waals surface area (Å²) in [6.45, 7) is 0. The van der Waals surface area contributed by atoms with Gasteiger partial charge in [0, 0.05) is 17.4 Å². The van der Waals surface area contributed by atoms with Gasteiger partial charge in [-0.2, -0.15) is 13.2 Å². The number of hydrogen-bond donors (Lipinski definition) is 2. The molecule has 1 aliphatic rings. The molecule has 0 radical (unpaired) electrons. The average Bonchev–Trinajstić information content (AvgIpc) is 2.66. The van der Waals surface area contributed by atoms with Gasteiger partial charge in [0.25, 0.3) is 0 Å². The Kier molecular flexibility index (Phi) is 5.83. The van der Waals surface area contributed by atoms with E-state index in [4.69, 9.17) is 11.6 Å². The van der Waals surface area contributed by atoms with Gasteiger partial charge in [0.05, 0.1) is 0 Å². The molecule has 0 aliphatic carbocycles. The number of nitrogens with zero attached hydrogens (tertiary/aromatic N) is 2. The first-order valence-electron chi connectivity index (χ1n) is 8.45. The highest BCUT2D eigenvalue weighted by atomic mass is 35.5. The highest BCUT2D eigenvalue weighted by Gasteiger charge is 2.46. The summed E-state index contributed by atoms with van der Waals surface area (Å²) in [7, 11) is 0. The Morgan fingerprint density at radius 3 is 2.39 bits per heavy atom. The molecule has 2 heterocycles. The maximum absolute atomic E-state index is 12.8. The first-order valence-corrected chi connectivity index (χ1v) is 8.83. The van der Waals surface area contributed by atoms with Crippen molar-refractivity contribution in [1.82, 2.24) is 20.6 Å². The second-order valence-corrected chi connectivity index (χ2v) is 6.77. The van der Waals surface area contributed by atoms with Crippen molar-refractivity contribution >= 4 is 23.4 Å². The second-order valence-electron chi connectivity index (χ2n) is 6.33. The third-order valence-corrected chi connectivity index (χ3v) is 4.67. The molecular formula is C18H16ClF3N4O2. The normalized spacial score (nSPS) is 20.9. The molecule has 3 rings (SSSR count). The zero-order valence-electron chi connectivity index (χ0n) is 14.4. The molecule has 0 bridgehead atoms. The number of alkyl halides is 3. The minimum absolute atomic E-state index is 0.204. The average molecular weight is 413 g/mol. The van der Waals surface area contributed by atoms with Gasteiger partial charge >= 0.3 is 6.18 Å². The Morgan fingerprint density at radius 2 is 1.82 bits per heavy atom. The largest absolute Gasteiger partial charge is 0.408 e. The first-order chi connectivity index (χ1) is 13.3. The Morgan fingerprint density at radius 1 is 1.18 bits per heavy atom. The number of amides is 2. The van der Waals surface area contributed by atoms with Crippen molar-refractivity contribution in [2.75, 3.05) is 0 Å². The van der Waals surface area contributed by atoms with Crippen LogP contribution in [0.2, 0.25) is 5.02 Å². The molecule has 10 heteroatoms. The van der Waals surface area contributed by atoms with E-state index in [9.17, 15) is 22.8 Å². The fourth-order valence-corrected chi connectivity index (χ4v) is 3.09. The molecular weight excluding hydrogens is 397 g/mol. The van der Waals surface area contributed by atoms with Crippen molar-refractivity contribution in [3.63, 3.8) is 0 Å². The number of hydrogen-bond acceptors (Lipinski definition) is 4. The quantitative estimate of drug-likeness (QED) is 0.756. The molecule has 0 spiro atoms. The molecule has 2 N–H and O–H groups in total. The molecule has 2 amide bonds. The summed E-state index contributed by atoms with van der Waals surface area (Å²) in [5.41, 5.74) is 0.619. The number of nitrogens with one attached hydrogen (secondary N) is 2. The fraction of sp³-hybridized carbons (Fsp3) is 0.333. The van der Waals surface area contributed by atoms with Crippen molar-refractivity contribution in [3.05, 3.63) is 59.1 Å². The van der Waals surface area contributed by atoms with Gasteiger partial charge in [-0.15, -0.1) is 0 Å². The minimum Gasteiger partial charge on any atom is -0.344 e. The highest BCUT2D eigenvalue weighted by Crippen LogP contribution is 2.29. The van der Waals surface area contributed by atoms with Gasteiger partial charge in [-0.25, -0.2) is 9.97 Å². The van der Waals surface area contributed by atoms with Gasteiger partial charge in [0.1, 0.15) is 18.0 Å². The Bertz CT molecular complexity index is 846. The van der Waals surface area contributed by atoms with Gasteiger partial charge in [0.2, 0.25) is 11.8 Å². The van der Waals surface area contributed by atoms with E-state index in [1.54, 1.807) is 30.3 Å². The number of piperidine rings is 1. The summed E-state index contributed by atoms with van der Waals surface area (Å²) >= 11 is 5.90. The van der Waals surface area contributed by atoms with Crippen LogP contribution in [0.5, 0.6) is 0 Å². The van der Waals surface area contributed by atoms with Gasteiger partial charge < -0.3 is 10.6 Å². The molecule has 148 valence electrons. The van der Waals surface area contributed by atoms with E-state index in [1.807, 2.05) is 5.32 Å². The molecule has 0 saturated carbocycles. The first kappa shape index (κ1) is 20.1. The van der Waals surface area contributed by atoms with E-state index in [-0.39, 0.29) is 18.7 Å². The molecule has 28 heavy (non-hydrogen) atoms. The second kappa shape index (κ2) is 8.14. The molecule has 1 aromatic carbocycles. The number of aromatic nitrogens is 2. The molecule has 1 aliphatic heterocycles. The highest BCUT2D eigenvalue weighted by molar-refractivity contribution is 6.30. The summed E-state index contributed by atoms with van der Waals surface area (Å²) in [5.74, 6) is -2.58. The van der Waals surface area contributed by atoms with Crippen LogP contribution in [-0.2, 0) is 9.59 Å². The molecule has 1 aromatic heterocycles. The number of carbonyl (C=O) groups excluding carboxylic acids is 2. The van der Waals surface area contributed by atoms with Gasteiger partial charge in [-0.3, -0.25) is 9.59 Å². The number of halogens is 4. The van der Waals surface area contributed by atoms with Gasteiger partial charge in [-0.1, -0.05) is 23.7 Å². The van der Waals surface area contributed by atoms with Crippen LogP contribution in [0.3, 0.4) is 0 Å². The zero-order chi connectivity index (χ0) is 20.3. The van der Waals surface area contributed by atoms with Crippen LogP contribution in [0, 0.1) is 5.92 Å². The van der Waals surface area contributed by atoms with E-state index >= 15 is 0 Å². The zero-order valence-corrected chi connectivity index (χ0v) is 15.2. The standard InChI is InChI=1S/C18H16ClF3N4O2/c19-11-4-2-10(3-5-11)14(15-23-8-1-9-24-15)26-17(28)12-6-7-13(18(20,21)22)25-16(12)27/h1-5,8-9,12-14H,6-7H2,(H,25,27)(H,26,28). The molecule has 6 nitrogen and oxygen atoms in total. The maximum atomic E-state index is 12.8. The molecule has 2 aromatic rings. The maximum Gasteiger partial charge on any atom is 0.408 e. The molecule has 1 saturated heterocycles. The number of benzene rings is 1. The van der Waals surface area contributed by atoms with Crippen LogP contribution in [0.4, 0.5) is 13.2 Å². The van der Waals surface area contributed by atoms with E-state index < -0.39 is 36.0 Å². The van der Waals surface area contributed by atoms with Crippen LogP contribution in [0.1, 0.15) is 30.3 Å².